The number of aromatic nitrogens is 2. The predicted molar refractivity (Wildman–Crippen MR) is 115 cm³/mol. The number of likely N-dealkylation sites (tertiary alicyclic amines) is 1. The Labute approximate surface area is 176 Å². The summed E-state index contributed by atoms with van der Waals surface area (Å²) in [7, 11) is 1.61. The highest BCUT2D eigenvalue weighted by molar-refractivity contribution is 6.01. The highest BCUT2D eigenvalue weighted by Crippen LogP contribution is 2.28. The van der Waals surface area contributed by atoms with Gasteiger partial charge in [-0.1, -0.05) is 12.2 Å². The van der Waals surface area contributed by atoms with Gasteiger partial charge in [-0.15, -0.1) is 0 Å². The van der Waals surface area contributed by atoms with Crippen molar-refractivity contribution >= 4 is 17.5 Å². The highest BCUT2D eigenvalue weighted by atomic mass is 16.5. The zero-order chi connectivity index (χ0) is 21.1. The number of methoxy groups -OCH3 is 1. The van der Waals surface area contributed by atoms with E-state index in [0.29, 0.717) is 49.7 Å². The van der Waals surface area contributed by atoms with Gasteiger partial charge in [0.1, 0.15) is 11.6 Å². The molecule has 7 nitrogen and oxygen atoms in total. The van der Waals surface area contributed by atoms with Crippen molar-refractivity contribution < 1.29 is 14.3 Å². The number of hydrogen-bond acceptors (Lipinski definition) is 5. The smallest absolute Gasteiger partial charge is 0.223 e. The van der Waals surface area contributed by atoms with Crippen molar-refractivity contribution in [3.8, 4) is 11.4 Å². The molecule has 2 aliphatic rings. The lowest BCUT2D eigenvalue weighted by molar-refractivity contribution is -0.133. The lowest BCUT2D eigenvalue weighted by atomic mass is 9.89. The van der Waals surface area contributed by atoms with Crippen molar-refractivity contribution in [2.75, 3.05) is 25.9 Å². The fraction of sp³-hybridized carbons (Fsp3) is 0.435. The van der Waals surface area contributed by atoms with Gasteiger partial charge < -0.3 is 15.4 Å². The summed E-state index contributed by atoms with van der Waals surface area (Å²) in [5.41, 5.74) is 7.48. The molecule has 1 atom stereocenters. The molecule has 2 N–H and O–H groups in total. The summed E-state index contributed by atoms with van der Waals surface area (Å²) in [6.07, 6.45) is 9.90. The number of ether oxygens (including phenoxy) is 1. The van der Waals surface area contributed by atoms with Crippen LogP contribution in [0, 0.1) is 11.8 Å². The molecule has 30 heavy (non-hydrogen) atoms. The molecule has 1 amide bonds. The Morgan fingerprint density at radius 3 is 2.53 bits per heavy atom. The van der Waals surface area contributed by atoms with E-state index in [4.69, 9.17) is 10.5 Å². The van der Waals surface area contributed by atoms with Crippen molar-refractivity contribution in [2.24, 2.45) is 11.8 Å². The number of ketones is 1. The van der Waals surface area contributed by atoms with Crippen LogP contribution in [0.3, 0.4) is 0 Å². The first-order chi connectivity index (χ1) is 14.6. The van der Waals surface area contributed by atoms with Gasteiger partial charge in [-0.25, -0.2) is 4.68 Å². The quantitative estimate of drug-likeness (QED) is 0.585. The van der Waals surface area contributed by atoms with Crippen LogP contribution in [0.25, 0.3) is 5.69 Å². The van der Waals surface area contributed by atoms with Crippen LogP contribution in [0.1, 0.15) is 42.5 Å². The van der Waals surface area contributed by atoms with Crippen molar-refractivity contribution in [2.45, 2.75) is 32.1 Å². The van der Waals surface area contributed by atoms with Crippen LogP contribution in [0.2, 0.25) is 0 Å². The molecule has 1 fully saturated rings. The number of nitrogen functional groups attached to an aromatic ring is 1. The first kappa shape index (κ1) is 20.2. The molecule has 0 saturated carbocycles. The number of hydrogen-bond donors (Lipinski definition) is 1. The highest BCUT2D eigenvalue weighted by Gasteiger charge is 2.30. The van der Waals surface area contributed by atoms with E-state index >= 15 is 0 Å². The number of benzene rings is 1. The van der Waals surface area contributed by atoms with Crippen LogP contribution in [0.5, 0.6) is 5.75 Å². The van der Waals surface area contributed by atoms with E-state index in [1.54, 1.807) is 18.0 Å². The minimum absolute atomic E-state index is 0.0121. The van der Waals surface area contributed by atoms with E-state index in [0.717, 1.165) is 24.3 Å². The molecule has 1 aliphatic heterocycles. The normalized spacial score (nSPS) is 19.2. The third kappa shape index (κ3) is 4.10. The number of nitrogens with zero attached hydrogens (tertiary/aromatic N) is 3. The van der Waals surface area contributed by atoms with Crippen LogP contribution in [-0.4, -0.2) is 46.6 Å². The Hall–Kier alpha value is -3.09. The maximum Gasteiger partial charge on any atom is 0.223 e. The Morgan fingerprint density at radius 2 is 1.90 bits per heavy atom. The van der Waals surface area contributed by atoms with Crippen LogP contribution < -0.4 is 10.5 Å². The Balaban J connectivity index is 1.37. The summed E-state index contributed by atoms with van der Waals surface area (Å²) in [4.78, 5) is 27.5. The summed E-state index contributed by atoms with van der Waals surface area (Å²) in [5, 5.41) is 4.32. The lowest BCUT2D eigenvalue weighted by Crippen LogP contribution is -2.40. The van der Waals surface area contributed by atoms with Crippen LogP contribution in [0.15, 0.2) is 42.6 Å². The zero-order valence-electron chi connectivity index (χ0n) is 17.3. The van der Waals surface area contributed by atoms with Gasteiger partial charge in [-0.05, 0) is 55.9 Å². The first-order valence-corrected chi connectivity index (χ1v) is 10.5. The van der Waals surface area contributed by atoms with Gasteiger partial charge in [0, 0.05) is 25.4 Å². The number of piperidine rings is 1. The Bertz CT molecular complexity index is 940. The molecule has 1 aromatic heterocycles. The van der Waals surface area contributed by atoms with Crippen LogP contribution in [0.4, 0.5) is 5.82 Å². The second-order valence-electron chi connectivity index (χ2n) is 8.04. The topological polar surface area (TPSA) is 90.5 Å². The van der Waals surface area contributed by atoms with Crippen LogP contribution in [-0.2, 0) is 4.79 Å². The van der Waals surface area contributed by atoms with Gasteiger partial charge in [-0.3, -0.25) is 9.59 Å². The summed E-state index contributed by atoms with van der Waals surface area (Å²) >= 11 is 0. The Morgan fingerprint density at radius 1 is 1.17 bits per heavy atom. The molecule has 0 unspecified atom stereocenters. The fourth-order valence-electron chi connectivity index (χ4n) is 4.31. The number of allylic oxidation sites excluding steroid dienone is 2. The minimum Gasteiger partial charge on any atom is -0.497 e. The number of carbonyl (C=O) groups excluding carboxylic acids is 2. The van der Waals surface area contributed by atoms with Gasteiger partial charge in [-0.2, -0.15) is 5.10 Å². The van der Waals surface area contributed by atoms with Gasteiger partial charge in [0.2, 0.25) is 5.91 Å². The molecule has 2 heterocycles. The monoisotopic (exact) mass is 408 g/mol. The Kier molecular flexibility index (Phi) is 5.88. The summed E-state index contributed by atoms with van der Waals surface area (Å²) in [5.74, 6) is 1.54. The van der Waals surface area contributed by atoms with Crippen molar-refractivity contribution in [3.05, 3.63) is 48.2 Å². The molecule has 0 spiro atoms. The zero-order valence-corrected chi connectivity index (χ0v) is 17.3. The average Bonchev–Trinajstić information content (AvgIpc) is 3.43. The molecule has 2 aromatic rings. The van der Waals surface area contributed by atoms with E-state index in [1.165, 1.54) is 0 Å². The van der Waals surface area contributed by atoms with Crippen molar-refractivity contribution in [1.82, 2.24) is 14.7 Å². The second kappa shape index (κ2) is 8.73. The lowest BCUT2D eigenvalue weighted by Gasteiger charge is -2.31. The summed E-state index contributed by atoms with van der Waals surface area (Å²) in [6, 6.07) is 7.35. The number of carbonyl (C=O) groups is 2. The standard InChI is InChI=1S/C23H28N4O3/c1-30-19-8-6-18(7-9-19)27-23(24)20(15-25-27)22(29)17-10-12-26(13-11-17)21(28)14-16-4-2-3-5-16/h2,4,6-9,15-17H,3,5,10-14,24H2,1H3/t16-/m1/s1. The number of Topliss-reactive ketones (excluding diaryl/α,β-unsaturated/α-hetero) is 1. The van der Waals surface area contributed by atoms with E-state index in [-0.39, 0.29) is 17.6 Å². The third-order valence-electron chi connectivity index (χ3n) is 6.16. The maximum atomic E-state index is 13.1. The maximum absolute atomic E-state index is 13.1. The SMILES string of the molecule is COc1ccc(-n2ncc(C(=O)C3CCN(C(=O)C[C@@H]4C=CCC4)CC3)c2N)cc1. The van der Waals surface area contributed by atoms with Crippen LogP contribution >= 0.6 is 0 Å². The van der Waals surface area contributed by atoms with E-state index in [2.05, 4.69) is 17.3 Å². The number of nitrogens with two attached hydrogens (primary N) is 1. The van der Waals surface area contributed by atoms with E-state index in [9.17, 15) is 9.59 Å². The summed E-state index contributed by atoms with van der Waals surface area (Å²) < 4.78 is 6.74. The summed E-state index contributed by atoms with van der Waals surface area (Å²) in [6.45, 7) is 1.25. The average molecular weight is 409 g/mol. The van der Waals surface area contributed by atoms with E-state index in [1.807, 2.05) is 29.2 Å². The van der Waals surface area contributed by atoms with Gasteiger partial charge in [0.25, 0.3) is 0 Å². The molecule has 0 bridgehead atoms. The fourth-order valence-corrected chi connectivity index (χ4v) is 4.31. The van der Waals surface area contributed by atoms with Crippen molar-refractivity contribution in [1.29, 1.82) is 0 Å². The van der Waals surface area contributed by atoms with Gasteiger partial charge >= 0.3 is 0 Å². The molecule has 158 valence electrons. The third-order valence-corrected chi connectivity index (χ3v) is 6.16. The van der Waals surface area contributed by atoms with Gasteiger partial charge in [0.05, 0.1) is 24.6 Å². The molecule has 1 saturated heterocycles. The molecular weight excluding hydrogens is 380 g/mol. The second-order valence-corrected chi connectivity index (χ2v) is 8.04. The first-order valence-electron chi connectivity index (χ1n) is 10.5. The number of amides is 1. The molecule has 1 aliphatic carbocycles. The van der Waals surface area contributed by atoms with Crippen molar-refractivity contribution in [3.63, 3.8) is 0 Å². The number of rotatable bonds is 6. The largest absolute Gasteiger partial charge is 0.497 e. The van der Waals surface area contributed by atoms with E-state index < -0.39 is 0 Å². The molecule has 4 rings (SSSR count). The molecule has 7 heteroatoms. The molecule has 1 aromatic carbocycles. The molecular formula is C23H28N4O3. The van der Waals surface area contributed by atoms with Gasteiger partial charge in [0.15, 0.2) is 5.78 Å². The molecule has 0 radical (unpaired) electrons. The predicted octanol–water partition coefficient (Wildman–Crippen LogP) is 3.24. The number of anilines is 1. The minimum atomic E-state index is -0.128.